The van der Waals surface area contributed by atoms with Crippen LogP contribution in [-0.4, -0.2) is 36.6 Å². The Labute approximate surface area is 164 Å². The highest BCUT2D eigenvalue weighted by atomic mass is 16.5. The first kappa shape index (κ1) is 21.1. The highest BCUT2D eigenvalue weighted by Gasteiger charge is 2.19. The number of phenols is 1. The number of nitrogens with one attached hydrogen (secondary N) is 1. The molecule has 0 aliphatic carbocycles. The van der Waals surface area contributed by atoms with Gasteiger partial charge in [0.1, 0.15) is 5.75 Å². The minimum Gasteiger partial charge on any atom is -0.506 e. The van der Waals surface area contributed by atoms with E-state index < -0.39 is 5.91 Å². The number of ether oxygens (including phenoxy) is 3. The average Bonchev–Trinajstić information content (AvgIpc) is 2.66. The number of aromatic hydroxyl groups is 1. The van der Waals surface area contributed by atoms with Gasteiger partial charge in [-0.05, 0) is 58.0 Å². The van der Waals surface area contributed by atoms with E-state index in [1.54, 1.807) is 12.1 Å². The van der Waals surface area contributed by atoms with E-state index in [0.29, 0.717) is 42.6 Å². The van der Waals surface area contributed by atoms with Crippen LogP contribution in [0.4, 0.5) is 5.69 Å². The number of carbonyl (C=O) groups excluding carboxylic acids is 2. The van der Waals surface area contributed by atoms with E-state index >= 15 is 0 Å². The molecular formula is C21H25NO6. The molecular weight excluding hydrogens is 362 g/mol. The molecule has 2 N–H and O–H groups in total. The maximum Gasteiger partial charge on any atom is 0.256 e. The van der Waals surface area contributed by atoms with Gasteiger partial charge < -0.3 is 24.6 Å². The molecule has 28 heavy (non-hydrogen) atoms. The maximum atomic E-state index is 12.8. The van der Waals surface area contributed by atoms with Gasteiger partial charge in [0.15, 0.2) is 17.3 Å². The molecule has 7 heteroatoms. The maximum absolute atomic E-state index is 12.8. The van der Waals surface area contributed by atoms with Crippen molar-refractivity contribution in [3.05, 3.63) is 41.5 Å². The number of hydrogen-bond acceptors (Lipinski definition) is 6. The van der Waals surface area contributed by atoms with Crippen LogP contribution in [0.5, 0.6) is 23.0 Å². The highest BCUT2D eigenvalue weighted by molar-refractivity contribution is 6.06. The summed E-state index contributed by atoms with van der Waals surface area (Å²) in [7, 11) is 0. The standard InChI is InChI=1S/C21H25NO6/c1-5-26-18-11-15(12-19(27-6-2)20(18)28-7-3)21(25)22-16-10-14(13(4)23)8-9-17(16)24/h8-12,24H,5-7H2,1-4H3,(H,22,25). The van der Waals surface area contributed by atoms with Crippen molar-refractivity contribution in [2.45, 2.75) is 27.7 Å². The Morgan fingerprint density at radius 3 is 1.96 bits per heavy atom. The van der Waals surface area contributed by atoms with Crippen LogP contribution in [0.1, 0.15) is 48.4 Å². The van der Waals surface area contributed by atoms with Crippen LogP contribution in [0, 0.1) is 0 Å². The molecule has 0 saturated carbocycles. The summed E-state index contributed by atoms with van der Waals surface area (Å²) in [6.07, 6.45) is 0. The minimum atomic E-state index is -0.485. The molecule has 0 saturated heterocycles. The quantitative estimate of drug-likeness (QED) is 0.498. The van der Waals surface area contributed by atoms with E-state index in [-0.39, 0.29) is 22.8 Å². The zero-order valence-electron chi connectivity index (χ0n) is 16.5. The van der Waals surface area contributed by atoms with Crippen LogP contribution in [0.2, 0.25) is 0 Å². The second-order valence-electron chi connectivity index (χ2n) is 5.84. The van der Waals surface area contributed by atoms with Crippen molar-refractivity contribution in [2.24, 2.45) is 0 Å². The zero-order chi connectivity index (χ0) is 20.7. The van der Waals surface area contributed by atoms with Crippen molar-refractivity contribution in [1.29, 1.82) is 0 Å². The van der Waals surface area contributed by atoms with Gasteiger partial charge in [-0.3, -0.25) is 9.59 Å². The molecule has 0 radical (unpaired) electrons. The van der Waals surface area contributed by atoms with Crippen LogP contribution >= 0.6 is 0 Å². The number of ketones is 1. The summed E-state index contributed by atoms with van der Waals surface area (Å²) >= 11 is 0. The van der Waals surface area contributed by atoms with Crippen LogP contribution in [0.25, 0.3) is 0 Å². The van der Waals surface area contributed by atoms with Crippen molar-refractivity contribution in [3.63, 3.8) is 0 Å². The fourth-order valence-corrected chi connectivity index (χ4v) is 2.57. The Hall–Kier alpha value is -3.22. The smallest absolute Gasteiger partial charge is 0.256 e. The lowest BCUT2D eigenvalue weighted by molar-refractivity contribution is 0.101. The molecule has 2 rings (SSSR count). The molecule has 150 valence electrons. The summed E-state index contributed by atoms with van der Waals surface area (Å²) < 4.78 is 16.9. The predicted octanol–water partition coefficient (Wildman–Crippen LogP) is 4.04. The normalized spacial score (nSPS) is 10.3. The van der Waals surface area contributed by atoms with Crippen molar-refractivity contribution in [1.82, 2.24) is 0 Å². The molecule has 0 unspecified atom stereocenters. The Bertz CT molecular complexity index is 835. The topological polar surface area (TPSA) is 94.1 Å². The van der Waals surface area contributed by atoms with Crippen LogP contribution < -0.4 is 19.5 Å². The minimum absolute atomic E-state index is 0.139. The number of Topliss-reactive ketones (excluding diaryl/α,β-unsaturated/α-hetero) is 1. The van der Waals surface area contributed by atoms with Crippen molar-refractivity contribution in [2.75, 3.05) is 25.1 Å². The molecule has 7 nitrogen and oxygen atoms in total. The van der Waals surface area contributed by atoms with Gasteiger partial charge in [-0.15, -0.1) is 0 Å². The van der Waals surface area contributed by atoms with Crippen molar-refractivity contribution in [3.8, 4) is 23.0 Å². The highest BCUT2D eigenvalue weighted by Crippen LogP contribution is 2.39. The number of benzene rings is 2. The monoisotopic (exact) mass is 387 g/mol. The number of hydrogen-bond donors (Lipinski definition) is 2. The molecule has 0 aliphatic heterocycles. The molecule has 0 fully saturated rings. The lowest BCUT2D eigenvalue weighted by Gasteiger charge is -2.17. The summed E-state index contributed by atoms with van der Waals surface area (Å²) in [4.78, 5) is 24.3. The average molecular weight is 387 g/mol. The fraction of sp³-hybridized carbons (Fsp3) is 0.333. The van der Waals surface area contributed by atoms with E-state index in [0.717, 1.165) is 0 Å². The lowest BCUT2D eigenvalue weighted by Crippen LogP contribution is -2.14. The van der Waals surface area contributed by atoms with Gasteiger partial charge in [0.2, 0.25) is 5.75 Å². The second kappa shape index (κ2) is 9.64. The number of amides is 1. The van der Waals surface area contributed by atoms with Gasteiger partial charge in [-0.1, -0.05) is 0 Å². The van der Waals surface area contributed by atoms with E-state index in [1.807, 2.05) is 20.8 Å². The molecule has 0 atom stereocenters. The van der Waals surface area contributed by atoms with Gasteiger partial charge in [0.25, 0.3) is 5.91 Å². The number of rotatable bonds is 9. The third-order valence-electron chi connectivity index (χ3n) is 3.82. The number of phenolic OH excluding ortho intramolecular Hbond substituents is 1. The Balaban J connectivity index is 2.42. The molecule has 2 aromatic rings. The number of anilines is 1. The molecule has 0 bridgehead atoms. The lowest BCUT2D eigenvalue weighted by atomic mass is 10.1. The third kappa shape index (κ3) is 4.94. The summed E-state index contributed by atoms with van der Waals surface area (Å²) in [5.74, 6) is 0.419. The Morgan fingerprint density at radius 2 is 1.46 bits per heavy atom. The third-order valence-corrected chi connectivity index (χ3v) is 3.82. The number of carbonyl (C=O) groups is 2. The summed E-state index contributed by atoms with van der Waals surface area (Å²) in [6, 6.07) is 7.39. The van der Waals surface area contributed by atoms with E-state index in [1.165, 1.54) is 25.1 Å². The van der Waals surface area contributed by atoms with E-state index in [9.17, 15) is 14.7 Å². The Morgan fingerprint density at radius 1 is 0.893 bits per heavy atom. The fourth-order valence-electron chi connectivity index (χ4n) is 2.57. The van der Waals surface area contributed by atoms with E-state index in [4.69, 9.17) is 14.2 Å². The molecule has 2 aromatic carbocycles. The van der Waals surface area contributed by atoms with Gasteiger partial charge in [-0.2, -0.15) is 0 Å². The molecule has 0 heterocycles. The SMILES string of the molecule is CCOc1cc(C(=O)Nc2cc(C(C)=O)ccc2O)cc(OCC)c1OCC. The predicted molar refractivity (Wildman–Crippen MR) is 106 cm³/mol. The molecule has 1 amide bonds. The van der Waals surface area contributed by atoms with Gasteiger partial charge in [0, 0.05) is 11.1 Å². The first-order chi connectivity index (χ1) is 13.4. The zero-order valence-corrected chi connectivity index (χ0v) is 16.5. The molecule has 0 aliphatic rings. The largest absolute Gasteiger partial charge is 0.506 e. The van der Waals surface area contributed by atoms with Crippen molar-refractivity contribution < 1.29 is 28.9 Å². The summed E-state index contributed by atoms with van der Waals surface area (Å²) in [6.45, 7) is 8.10. The van der Waals surface area contributed by atoms with Crippen LogP contribution in [0.3, 0.4) is 0 Å². The van der Waals surface area contributed by atoms with Gasteiger partial charge >= 0.3 is 0 Å². The second-order valence-corrected chi connectivity index (χ2v) is 5.84. The molecule has 0 aromatic heterocycles. The van der Waals surface area contributed by atoms with Gasteiger partial charge in [0.05, 0.1) is 25.5 Å². The Kier molecular flexibility index (Phi) is 7.26. The van der Waals surface area contributed by atoms with Gasteiger partial charge in [-0.25, -0.2) is 0 Å². The summed E-state index contributed by atoms with van der Waals surface area (Å²) in [5, 5.41) is 12.6. The first-order valence-electron chi connectivity index (χ1n) is 9.12. The van der Waals surface area contributed by atoms with Crippen LogP contribution in [0.15, 0.2) is 30.3 Å². The first-order valence-corrected chi connectivity index (χ1v) is 9.12. The van der Waals surface area contributed by atoms with E-state index in [2.05, 4.69) is 5.32 Å². The summed E-state index contributed by atoms with van der Waals surface area (Å²) in [5.41, 5.74) is 0.787. The molecule has 0 spiro atoms. The van der Waals surface area contributed by atoms with Crippen molar-refractivity contribution >= 4 is 17.4 Å². The van der Waals surface area contributed by atoms with Crippen LogP contribution in [-0.2, 0) is 0 Å².